The van der Waals surface area contributed by atoms with Gasteiger partial charge in [0.25, 0.3) is 0 Å². The first kappa shape index (κ1) is 9.57. The molecule has 3 nitrogen and oxygen atoms in total. The zero-order chi connectivity index (χ0) is 9.14. The Kier molecular flexibility index (Phi) is 3.13. The number of hydrogen-bond acceptors (Lipinski definition) is 4. The third-order valence-corrected chi connectivity index (χ3v) is 3.77. The van der Waals surface area contributed by atoms with E-state index in [0.717, 1.165) is 0 Å². The number of hydrogen-bond donors (Lipinski definition) is 0. The highest BCUT2D eigenvalue weighted by atomic mass is 32.2. The first-order valence-electron chi connectivity index (χ1n) is 3.16. The van der Waals surface area contributed by atoms with Crippen molar-refractivity contribution >= 4 is 28.5 Å². The van der Waals surface area contributed by atoms with Gasteiger partial charge in [-0.3, -0.25) is 0 Å². The standard InChI is InChI=1S/C7H8O3S2/c1-10-7(8)5-3-4-6(11-5)12(2)9/h3-4H,1-2H3. The molecule has 0 radical (unpaired) electrons. The lowest BCUT2D eigenvalue weighted by Gasteiger charge is -1.97. The molecule has 0 aliphatic carbocycles. The van der Waals surface area contributed by atoms with Gasteiger partial charge in [0, 0.05) is 6.07 Å². The third kappa shape index (κ3) is 2.00. The molecule has 1 rings (SSSR count). The van der Waals surface area contributed by atoms with Crippen molar-refractivity contribution in [2.24, 2.45) is 0 Å². The summed E-state index contributed by atoms with van der Waals surface area (Å²) >= 11 is 0.183. The number of carbonyl (C=O) groups is 1. The number of thiophene rings is 1. The maximum absolute atomic E-state index is 10.9. The van der Waals surface area contributed by atoms with E-state index in [1.54, 1.807) is 18.4 Å². The summed E-state index contributed by atoms with van der Waals surface area (Å²) in [4.78, 5) is 11.4. The maximum atomic E-state index is 10.9. The van der Waals surface area contributed by atoms with E-state index in [0.29, 0.717) is 9.09 Å². The van der Waals surface area contributed by atoms with Gasteiger partial charge >= 0.3 is 5.97 Å². The summed E-state index contributed by atoms with van der Waals surface area (Å²) < 4.78 is 16.1. The number of methoxy groups -OCH3 is 1. The monoisotopic (exact) mass is 204 g/mol. The van der Waals surface area contributed by atoms with Crippen LogP contribution in [0.4, 0.5) is 0 Å². The van der Waals surface area contributed by atoms with E-state index in [4.69, 9.17) is 0 Å². The molecule has 0 saturated carbocycles. The van der Waals surface area contributed by atoms with Crippen LogP contribution in [0.25, 0.3) is 0 Å². The van der Waals surface area contributed by atoms with E-state index in [2.05, 4.69) is 4.74 Å². The second-order valence-corrected chi connectivity index (χ2v) is 4.75. The summed E-state index contributed by atoms with van der Waals surface area (Å²) in [6.45, 7) is 0. The summed E-state index contributed by atoms with van der Waals surface area (Å²) in [6.07, 6.45) is 1.58. The van der Waals surface area contributed by atoms with Gasteiger partial charge in [-0.25, -0.2) is 4.79 Å². The number of rotatable bonds is 2. The molecule has 0 fully saturated rings. The Morgan fingerprint density at radius 2 is 2.33 bits per heavy atom. The van der Waals surface area contributed by atoms with Crippen molar-refractivity contribution in [2.45, 2.75) is 4.21 Å². The molecular weight excluding hydrogens is 196 g/mol. The minimum Gasteiger partial charge on any atom is -0.611 e. The van der Waals surface area contributed by atoms with Crippen LogP contribution in [0.1, 0.15) is 9.67 Å². The Bertz CT molecular complexity index is 280. The summed E-state index contributed by atoms with van der Waals surface area (Å²) in [5, 5.41) is 0. The zero-order valence-electron chi connectivity index (χ0n) is 6.70. The van der Waals surface area contributed by atoms with E-state index in [9.17, 15) is 9.35 Å². The molecule has 1 aromatic heterocycles. The predicted octanol–water partition coefficient (Wildman–Crippen LogP) is 1.27. The van der Waals surface area contributed by atoms with Crippen molar-refractivity contribution in [1.82, 2.24) is 0 Å². The molecular formula is C7H8O3S2. The quantitative estimate of drug-likeness (QED) is 0.538. The second kappa shape index (κ2) is 3.93. The fraction of sp³-hybridized carbons (Fsp3) is 0.286. The molecule has 0 aliphatic heterocycles. The van der Waals surface area contributed by atoms with Crippen LogP contribution in [-0.2, 0) is 15.9 Å². The highest BCUT2D eigenvalue weighted by Crippen LogP contribution is 2.21. The Labute approximate surface area is 77.5 Å². The average Bonchev–Trinajstić information content (AvgIpc) is 2.51. The van der Waals surface area contributed by atoms with Gasteiger partial charge in [-0.2, -0.15) is 0 Å². The molecule has 1 aromatic rings. The molecule has 0 aromatic carbocycles. The Hall–Kier alpha value is -0.520. The highest BCUT2D eigenvalue weighted by Gasteiger charge is 2.13. The molecule has 0 saturated heterocycles. The van der Waals surface area contributed by atoms with Gasteiger partial charge in [0.2, 0.25) is 4.21 Å². The van der Waals surface area contributed by atoms with Crippen LogP contribution >= 0.6 is 11.3 Å². The number of esters is 1. The fourth-order valence-corrected chi connectivity index (χ4v) is 2.34. The molecule has 0 bridgehead atoms. The van der Waals surface area contributed by atoms with Gasteiger partial charge in [0.15, 0.2) is 0 Å². The molecule has 0 amide bonds. The smallest absolute Gasteiger partial charge is 0.348 e. The molecule has 1 atom stereocenters. The van der Waals surface area contributed by atoms with Gasteiger partial charge < -0.3 is 9.29 Å². The van der Waals surface area contributed by atoms with Crippen molar-refractivity contribution in [1.29, 1.82) is 0 Å². The normalized spacial score (nSPS) is 12.6. The van der Waals surface area contributed by atoms with Crippen LogP contribution in [0.2, 0.25) is 0 Å². The lowest BCUT2D eigenvalue weighted by Crippen LogP contribution is -1.97. The minimum atomic E-state index is -1.02. The van der Waals surface area contributed by atoms with Crippen LogP contribution < -0.4 is 0 Å². The van der Waals surface area contributed by atoms with Crippen LogP contribution in [0, 0.1) is 0 Å². The van der Waals surface area contributed by atoms with E-state index < -0.39 is 11.2 Å². The highest BCUT2D eigenvalue weighted by molar-refractivity contribution is 7.92. The fourth-order valence-electron chi connectivity index (χ4n) is 0.685. The molecule has 5 heteroatoms. The first-order chi connectivity index (χ1) is 5.65. The van der Waals surface area contributed by atoms with Crippen molar-refractivity contribution in [3.63, 3.8) is 0 Å². The topological polar surface area (TPSA) is 49.4 Å². The van der Waals surface area contributed by atoms with Crippen molar-refractivity contribution < 1.29 is 14.1 Å². The molecule has 0 spiro atoms. The van der Waals surface area contributed by atoms with E-state index in [1.807, 2.05) is 0 Å². The van der Waals surface area contributed by atoms with E-state index in [1.165, 1.54) is 18.4 Å². The Morgan fingerprint density at radius 1 is 1.67 bits per heavy atom. The third-order valence-electron chi connectivity index (χ3n) is 1.25. The predicted molar refractivity (Wildman–Crippen MR) is 48.0 cm³/mol. The zero-order valence-corrected chi connectivity index (χ0v) is 8.33. The molecule has 66 valence electrons. The lowest BCUT2D eigenvalue weighted by atomic mass is 10.5. The number of ether oxygens (including phenoxy) is 1. The van der Waals surface area contributed by atoms with E-state index >= 15 is 0 Å². The van der Waals surface area contributed by atoms with Crippen LogP contribution in [0.15, 0.2) is 16.3 Å². The minimum absolute atomic E-state index is 0.378. The van der Waals surface area contributed by atoms with Gasteiger partial charge in [-0.15, -0.1) is 0 Å². The summed E-state index contributed by atoms with van der Waals surface area (Å²) in [6, 6.07) is 3.29. The summed E-state index contributed by atoms with van der Waals surface area (Å²) in [5.74, 6) is -0.378. The summed E-state index contributed by atoms with van der Waals surface area (Å²) in [7, 11) is 1.32. The molecule has 12 heavy (non-hydrogen) atoms. The molecule has 0 N–H and O–H groups in total. The van der Waals surface area contributed by atoms with Gasteiger partial charge in [-0.05, 0) is 17.2 Å². The van der Waals surface area contributed by atoms with Crippen molar-refractivity contribution in [3.05, 3.63) is 17.0 Å². The van der Waals surface area contributed by atoms with Crippen molar-refractivity contribution in [3.8, 4) is 0 Å². The van der Waals surface area contributed by atoms with Gasteiger partial charge in [0.05, 0.1) is 7.11 Å². The second-order valence-electron chi connectivity index (χ2n) is 2.06. The number of carbonyl (C=O) groups excluding carboxylic acids is 1. The van der Waals surface area contributed by atoms with Crippen LogP contribution in [0.5, 0.6) is 0 Å². The molecule has 1 heterocycles. The summed E-state index contributed by atoms with van der Waals surface area (Å²) in [5.41, 5.74) is 0. The average molecular weight is 204 g/mol. The van der Waals surface area contributed by atoms with Crippen LogP contribution in [0.3, 0.4) is 0 Å². The van der Waals surface area contributed by atoms with Crippen LogP contribution in [-0.4, -0.2) is 23.9 Å². The molecule has 1 unspecified atom stereocenters. The van der Waals surface area contributed by atoms with E-state index in [-0.39, 0.29) is 5.97 Å². The maximum Gasteiger partial charge on any atom is 0.348 e. The molecule has 0 aliphatic rings. The largest absolute Gasteiger partial charge is 0.611 e. The Balaban J connectivity index is 2.84. The SMILES string of the molecule is COC(=O)c1ccc([S+](C)[O-])s1. The lowest BCUT2D eigenvalue weighted by molar-refractivity contribution is 0.0606. The Morgan fingerprint density at radius 3 is 2.75 bits per heavy atom. The van der Waals surface area contributed by atoms with Gasteiger partial charge in [0.1, 0.15) is 11.1 Å². The van der Waals surface area contributed by atoms with Crippen molar-refractivity contribution in [2.75, 3.05) is 13.4 Å². The van der Waals surface area contributed by atoms with Gasteiger partial charge in [-0.1, -0.05) is 11.3 Å². The first-order valence-corrected chi connectivity index (χ1v) is 5.54.